The van der Waals surface area contributed by atoms with Crippen molar-refractivity contribution in [2.75, 3.05) is 20.1 Å². The monoisotopic (exact) mass is 235 g/mol. The Morgan fingerprint density at radius 3 is 3.06 bits per heavy atom. The summed E-state index contributed by atoms with van der Waals surface area (Å²) in [5.74, 6) is 0.494. The van der Waals surface area contributed by atoms with Gasteiger partial charge in [-0.05, 0) is 54.4 Å². The lowest BCUT2D eigenvalue weighted by molar-refractivity contribution is 0.412. The summed E-state index contributed by atoms with van der Waals surface area (Å²) in [4.78, 5) is 2.36. The van der Waals surface area contributed by atoms with Crippen LogP contribution in [0.4, 0.5) is 4.39 Å². The lowest BCUT2D eigenvalue weighted by Gasteiger charge is -2.09. The first-order valence-corrected chi connectivity index (χ1v) is 6.47. The van der Waals surface area contributed by atoms with Gasteiger partial charge in [0.25, 0.3) is 0 Å². The first-order valence-electron chi connectivity index (χ1n) is 5.59. The Morgan fingerprint density at radius 2 is 2.31 bits per heavy atom. The fraction of sp³-hybridized carbons (Fsp3) is 0.385. The van der Waals surface area contributed by atoms with Gasteiger partial charge in [0.05, 0.1) is 0 Å². The van der Waals surface area contributed by atoms with E-state index in [-0.39, 0.29) is 5.82 Å². The largest absolute Gasteiger partial charge is 0.306 e. The van der Waals surface area contributed by atoms with Crippen molar-refractivity contribution in [3.63, 3.8) is 0 Å². The molecule has 3 heteroatoms. The molecule has 1 aliphatic heterocycles. The van der Waals surface area contributed by atoms with Crippen LogP contribution in [0.15, 0.2) is 23.6 Å². The van der Waals surface area contributed by atoms with E-state index in [2.05, 4.69) is 17.3 Å². The Balaban J connectivity index is 2.04. The number of likely N-dealkylation sites (tertiary alicyclic amines) is 1. The zero-order chi connectivity index (χ0) is 11.1. The molecule has 1 unspecified atom stereocenters. The second-order valence-electron chi connectivity index (χ2n) is 4.58. The summed E-state index contributed by atoms with van der Waals surface area (Å²) >= 11 is 1.66. The normalized spacial score (nSPS) is 22.0. The Morgan fingerprint density at radius 1 is 1.44 bits per heavy atom. The van der Waals surface area contributed by atoms with Crippen LogP contribution in [0.3, 0.4) is 0 Å². The fourth-order valence-corrected chi connectivity index (χ4v) is 3.59. The second kappa shape index (κ2) is 3.82. The van der Waals surface area contributed by atoms with Crippen molar-refractivity contribution in [3.8, 4) is 0 Å². The van der Waals surface area contributed by atoms with Crippen LogP contribution in [0.2, 0.25) is 0 Å². The third-order valence-corrected chi connectivity index (χ3v) is 4.36. The number of likely N-dealkylation sites (N-methyl/N-ethyl adjacent to an activating group) is 1. The van der Waals surface area contributed by atoms with Crippen LogP contribution in [-0.4, -0.2) is 25.0 Å². The van der Waals surface area contributed by atoms with Gasteiger partial charge in [0.2, 0.25) is 0 Å². The maximum absolute atomic E-state index is 13.1. The SMILES string of the molecule is CN1CCC(c2csc3cc(F)ccc23)C1. The second-order valence-corrected chi connectivity index (χ2v) is 5.49. The topological polar surface area (TPSA) is 3.24 Å². The predicted molar refractivity (Wildman–Crippen MR) is 66.6 cm³/mol. The van der Waals surface area contributed by atoms with E-state index in [4.69, 9.17) is 0 Å². The van der Waals surface area contributed by atoms with Crippen molar-refractivity contribution in [1.29, 1.82) is 0 Å². The minimum Gasteiger partial charge on any atom is -0.306 e. The van der Waals surface area contributed by atoms with Crippen LogP contribution >= 0.6 is 11.3 Å². The van der Waals surface area contributed by atoms with E-state index in [1.165, 1.54) is 23.9 Å². The number of hydrogen-bond donors (Lipinski definition) is 0. The molecule has 3 rings (SSSR count). The van der Waals surface area contributed by atoms with E-state index in [0.29, 0.717) is 5.92 Å². The summed E-state index contributed by atoms with van der Waals surface area (Å²) < 4.78 is 14.2. The summed E-state index contributed by atoms with van der Waals surface area (Å²) in [6.45, 7) is 2.30. The molecule has 2 heterocycles. The molecule has 84 valence electrons. The first kappa shape index (κ1) is 10.2. The van der Waals surface area contributed by atoms with Crippen molar-refractivity contribution in [1.82, 2.24) is 4.90 Å². The molecule has 1 fully saturated rings. The van der Waals surface area contributed by atoms with Crippen molar-refractivity contribution in [2.24, 2.45) is 0 Å². The van der Waals surface area contributed by atoms with E-state index in [1.807, 2.05) is 6.07 Å². The van der Waals surface area contributed by atoms with Crippen LogP contribution in [0.1, 0.15) is 17.9 Å². The van der Waals surface area contributed by atoms with Gasteiger partial charge in [-0.25, -0.2) is 4.39 Å². The number of nitrogens with zero attached hydrogens (tertiary/aromatic N) is 1. The van der Waals surface area contributed by atoms with Gasteiger partial charge in [0, 0.05) is 11.2 Å². The molecule has 1 nitrogen and oxygen atoms in total. The first-order chi connectivity index (χ1) is 7.74. The molecule has 0 radical (unpaired) electrons. The number of benzene rings is 1. The van der Waals surface area contributed by atoms with Gasteiger partial charge in [0.1, 0.15) is 5.82 Å². The molecular formula is C13H14FNS. The minimum atomic E-state index is -0.135. The van der Waals surface area contributed by atoms with E-state index in [1.54, 1.807) is 23.5 Å². The average molecular weight is 235 g/mol. The maximum Gasteiger partial charge on any atom is 0.124 e. The number of halogens is 1. The van der Waals surface area contributed by atoms with Gasteiger partial charge < -0.3 is 4.90 Å². The van der Waals surface area contributed by atoms with Crippen LogP contribution < -0.4 is 0 Å². The Hall–Kier alpha value is -0.930. The molecule has 1 atom stereocenters. The molecule has 2 aromatic rings. The third kappa shape index (κ3) is 1.64. The fourth-order valence-electron chi connectivity index (χ4n) is 2.53. The Bertz CT molecular complexity index is 520. The zero-order valence-corrected chi connectivity index (χ0v) is 10.1. The van der Waals surface area contributed by atoms with Crippen molar-refractivity contribution in [2.45, 2.75) is 12.3 Å². The molecule has 0 N–H and O–H groups in total. The smallest absolute Gasteiger partial charge is 0.124 e. The van der Waals surface area contributed by atoms with Gasteiger partial charge >= 0.3 is 0 Å². The van der Waals surface area contributed by atoms with Gasteiger partial charge in [-0.2, -0.15) is 0 Å². The molecule has 1 aromatic carbocycles. The van der Waals surface area contributed by atoms with Crippen molar-refractivity contribution < 1.29 is 4.39 Å². The van der Waals surface area contributed by atoms with E-state index in [0.717, 1.165) is 11.2 Å². The molecule has 0 aliphatic carbocycles. The van der Waals surface area contributed by atoms with E-state index >= 15 is 0 Å². The highest BCUT2D eigenvalue weighted by Crippen LogP contribution is 2.35. The Kier molecular flexibility index (Phi) is 2.45. The molecule has 0 saturated carbocycles. The van der Waals surface area contributed by atoms with Crippen LogP contribution in [-0.2, 0) is 0 Å². The molecule has 0 amide bonds. The van der Waals surface area contributed by atoms with Gasteiger partial charge in [-0.1, -0.05) is 6.07 Å². The molecule has 16 heavy (non-hydrogen) atoms. The summed E-state index contributed by atoms with van der Waals surface area (Å²) in [5.41, 5.74) is 1.41. The lowest BCUT2D eigenvalue weighted by Crippen LogP contribution is -2.13. The number of rotatable bonds is 1. The third-order valence-electron chi connectivity index (χ3n) is 3.40. The Labute approximate surface area is 98.5 Å². The summed E-state index contributed by atoms with van der Waals surface area (Å²) in [6.07, 6.45) is 1.22. The number of thiophene rings is 1. The van der Waals surface area contributed by atoms with E-state index in [9.17, 15) is 4.39 Å². The highest BCUT2D eigenvalue weighted by Gasteiger charge is 2.23. The summed E-state index contributed by atoms with van der Waals surface area (Å²) in [7, 11) is 2.16. The van der Waals surface area contributed by atoms with Crippen molar-refractivity contribution >= 4 is 21.4 Å². The molecule has 0 bridgehead atoms. The minimum absolute atomic E-state index is 0.135. The summed E-state index contributed by atoms with van der Waals surface area (Å²) in [5, 5.41) is 3.44. The van der Waals surface area contributed by atoms with Gasteiger partial charge in [-0.15, -0.1) is 11.3 Å². The maximum atomic E-state index is 13.1. The quantitative estimate of drug-likeness (QED) is 0.731. The van der Waals surface area contributed by atoms with Crippen LogP contribution in [0.5, 0.6) is 0 Å². The molecule has 1 aromatic heterocycles. The number of fused-ring (bicyclic) bond motifs is 1. The average Bonchev–Trinajstić information content (AvgIpc) is 2.83. The highest BCUT2D eigenvalue weighted by molar-refractivity contribution is 7.17. The highest BCUT2D eigenvalue weighted by atomic mass is 32.1. The van der Waals surface area contributed by atoms with Gasteiger partial charge in [0.15, 0.2) is 0 Å². The zero-order valence-electron chi connectivity index (χ0n) is 9.24. The van der Waals surface area contributed by atoms with Crippen LogP contribution in [0, 0.1) is 5.82 Å². The molecule has 0 spiro atoms. The summed E-state index contributed by atoms with van der Waals surface area (Å²) in [6, 6.07) is 5.13. The van der Waals surface area contributed by atoms with E-state index < -0.39 is 0 Å². The standard InChI is InChI=1S/C13H14FNS/c1-15-5-4-9(7-15)12-8-16-13-6-10(14)2-3-11(12)13/h2-3,6,8-9H,4-5,7H2,1H3. The molecule has 1 aliphatic rings. The molecular weight excluding hydrogens is 221 g/mol. The predicted octanol–water partition coefficient (Wildman–Crippen LogP) is 3.46. The molecule has 1 saturated heterocycles. The van der Waals surface area contributed by atoms with Crippen LogP contribution in [0.25, 0.3) is 10.1 Å². The van der Waals surface area contributed by atoms with Crippen molar-refractivity contribution in [3.05, 3.63) is 35.0 Å². The van der Waals surface area contributed by atoms with Gasteiger partial charge in [-0.3, -0.25) is 0 Å². The number of hydrogen-bond acceptors (Lipinski definition) is 2. The lowest BCUT2D eigenvalue weighted by atomic mass is 9.98.